The molecule has 4 heteroatoms. The first-order valence-electron chi connectivity index (χ1n) is 8.42. The van der Waals surface area contributed by atoms with Gasteiger partial charge in [-0.2, -0.15) is 0 Å². The van der Waals surface area contributed by atoms with Crippen LogP contribution in [0.5, 0.6) is 0 Å². The highest BCUT2D eigenvalue weighted by atomic mass is 32.2. The van der Waals surface area contributed by atoms with E-state index in [0.29, 0.717) is 6.54 Å². The molecule has 2 N–H and O–H groups in total. The van der Waals surface area contributed by atoms with E-state index in [0.717, 1.165) is 12.3 Å². The Morgan fingerprint density at radius 1 is 1.12 bits per heavy atom. The molecule has 3 rings (SSSR count). The van der Waals surface area contributed by atoms with Crippen LogP contribution < -0.4 is 5.73 Å². The second kappa shape index (κ2) is 7.86. The van der Waals surface area contributed by atoms with E-state index >= 15 is 0 Å². The van der Waals surface area contributed by atoms with Crippen LogP contribution in [0.4, 0.5) is 0 Å². The zero-order valence-corrected chi connectivity index (χ0v) is 14.8. The number of carbonyl (C=O) groups excluding carboxylic acids is 1. The minimum atomic E-state index is -0.00284. The quantitative estimate of drug-likeness (QED) is 0.849. The Bertz CT molecular complexity index is 662. The van der Waals surface area contributed by atoms with Crippen LogP contribution in [0.1, 0.15) is 18.4 Å². The lowest BCUT2D eigenvalue weighted by atomic mass is 9.95. The molecule has 2 aromatic rings. The first-order valence-corrected chi connectivity index (χ1v) is 9.41. The van der Waals surface area contributed by atoms with Crippen molar-refractivity contribution >= 4 is 17.7 Å². The summed E-state index contributed by atoms with van der Waals surface area (Å²) in [6.45, 7) is 3.39. The normalized spacial score (nSPS) is 21.7. The molecule has 2 aromatic carbocycles. The number of carbonyl (C=O) groups is 1. The zero-order chi connectivity index (χ0) is 16.9. The van der Waals surface area contributed by atoms with Gasteiger partial charge in [0, 0.05) is 41.6 Å². The summed E-state index contributed by atoms with van der Waals surface area (Å²) in [5.74, 6) is 1.25. The molecule has 1 aliphatic rings. The highest BCUT2D eigenvalue weighted by molar-refractivity contribution is 7.99. The fourth-order valence-electron chi connectivity index (χ4n) is 3.18. The van der Waals surface area contributed by atoms with Gasteiger partial charge >= 0.3 is 0 Å². The molecule has 1 fully saturated rings. The van der Waals surface area contributed by atoms with Gasteiger partial charge in [-0.05, 0) is 17.7 Å². The number of nitrogens with zero attached hydrogens (tertiary/aromatic N) is 1. The molecule has 0 aromatic heterocycles. The molecule has 1 saturated heterocycles. The topological polar surface area (TPSA) is 46.3 Å². The van der Waals surface area contributed by atoms with Crippen molar-refractivity contribution in [1.29, 1.82) is 0 Å². The molecule has 1 aliphatic heterocycles. The molecule has 1 unspecified atom stereocenters. The predicted octanol–water partition coefficient (Wildman–Crippen LogP) is 3.37. The average molecular weight is 340 g/mol. The minimum Gasteiger partial charge on any atom is -0.340 e. The van der Waals surface area contributed by atoms with E-state index in [9.17, 15) is 4.79 Å². The Balaban J connectivity index is 1.57. The molecule has 3 nitrogen and oxygen atoms in total. The number of amides is 1. The highest BCUT2D eigenvalue weighted by Crippen LogP contribution is 2.28. The van der Waals surface area contributed by atoms with Crippen LogP contribution in [0.2, 0.25) is 0 Å². The van der Waals surface area contributed by atoms with E-state index in [1.807, 2.05) is 48.2 Å². The lowest BCUT2D eigenvalue weighted by molar-refractivity contribution is -0.133. The number of nitrogens with two attached hydrogens (primary N) is 1. The Kier molecular flexibility index (Phi) is 5.59. The van der Waals surface area contributed by atoms with Crippen LogP contribution in [-0.4, -0.2) is 35.7 Å². The number of likely N-dealkylation sites (tertiary alicyclic amines) is 1. The second-order valence-corrected chi connectivity index (χ2v) is 7.54. The van der Waals surface area contributed by atoms with Gasteiger partial charge in [0.25, 0.3) is 0 Å². The van der Waals surface area contributed by atoms with Crippen molar-refractivity contribution in [2.45, 2.75) is 23.8 Å². The lowest BCUT2D eigenvalue weighted by Crippen LogP contribution is -2.36. The van der Waals surface area contributed by atoms with Crippen molar-refractivity contribution in [3.63, 3.8) is 0 Å². The summed E-state index contributed by atoms with van der Waals surface area (Å²) >= 11 is 1.73. The van der Waals surface area contributed by atoms with Crippen LogP contribution in [-0.2, 0) is 4.79 Å². The molecular weight excluding hydrogens is 316 g/mol. The number of thioether (sulfide) groups is 1. The molecule has 0 spiro atoms. The number of hydrogen-bond acceptors (Lipinski definition) is 3. The van der Waals surface area contributed by atoms with Crippen LogP contribution >= 0.6 is 11.8 Å². The van der Waals surface area contributed by atoms with E-state index in [4.69, 9.17) is 5.73 Å². The summed E-state index contributed by atoms with van der Waals surface area (Å²) < 4.78 is 0. The van der Waals surface area contributed by atoms with Crippen LogP contribution in [0.15, 0.2) is 65.6 Å². The Morgan fingerprint density at radius 2 is 1.75 bits per heavy atom. The minimum absolute atomic E-state index is 0.00284. The summed E-state index contributed by atoms with van der Waals surface area (Å²) in [7, 11) is 0. The van der Waals surface area contributed by atoms with Gasteiger partial charge in [-0.1, -0.05) is 55.5 Å². The van der Waals surface area contributed by atoms with E-state index in [1.54, 1.807) is 11.8 Å². The van der Waals surface area contributed by atoms with E-state index < -0.39 is 0 Å². The van der Waals surface area contributed by atoms with Gasteiger partial charge in [-0.3, -0.25) is 4.79 Å². The summed E-state index contributed by atoms with van der Waals surface area (Å²) in [6.07, 6.45) is 0. The van der Waals surface area contributed by atoms with Crippen molar-refractivity contribution in [2.75, 3.05) is 18.8 Å². The maximum atomic E-state index is 12.7. The molecule has 1 heterocycles. The summed E-state index contributed by atoms with van der Waals surface area (Å²) in [5, 5.41) is 0. The molecule has 0 aliphatic carbocycles. The molecule has 3 atom stereocenters. The van der Waals surface area contributed by atoms with Gasteiger partial charge in [0.1, 0.15) is 0 Å². The van der Waals surface area contributed by atoms with Crippen molar-refractivity contribution in [3.8, 4) is 0 Å². The largest absolute Gasteiger partial charge is 0.340 e. The number of benzene rings is 2. The van der Waals surface area contributed by atoms with Crippen molar-refractivity contribution in [1.82, 2.24) is 4.90 Å². The van der Waals surface area contributed by atoms with Gasteiger partial charge in [-0.15, -0.1) is 11.8 Å². The molecule has 0 bridgehead atoms. The highest BCUT2D eigenvalue weighted by Gasteiger charge is 2.35. The average Bonchev–Trinajstić information content (AvgIpc) is 3.02. The van der Waals surface area contributed by atoms with Crippen LogP contribution in [0.25, 0.3) is 0 Å². The summed E-state index contributed by atoms with van der Waals surface area (Å²) in [6, 6.07) is 20.5. The Morgan fingerprint density at radius 3 is 2.42 bits per heavy atom. The van der Waals surface area contributed by atoms with Crippen molar-refractivity contribution < 1.29 is 4.79 Å². The van der Waals surface area contributed by atoms with Gasteiger partial charge in [0.05, 0.1) is 0 Å². The lowest BCUT2D eigenvalue weighted by Gasteiger charge is -2.21. The third kappa shape index (κ3) is 4.00. The maximum Gasteiger partial charge on any atom is 0.226 e. The van der Waals surface area contributed by atoms with Gasteiger partial charge < -0.3 is 10.6 Å². The third-order valence-corrected chi connectivity index (χ3v) is 5.84. The summed E-state index contributed by atoms with van der Waals surface area (Å²) in [4.78, 5) is 15.9. The SMILES string of the molecule is CC(CSc1ccccc1)C(=O)N1C[C@@H](N)[C@H](c2ccccc2)C1. The van der Waals surface area contributed by atoms with Crippen LogP contribution in [0, 0.1) is 5.92 Å². The van der Waals surface area contributed by atoms with E-state index in [1.165, 1.54) is 10.5 Å². The van der Waals surface area contributed by atoms with Gasteiger partial charge in [0.15, 0.2) is 0 Å². The molecule has 24 heavy (non-hydrogen) atoms. The molecule has 0 radical (unpaired) electrons. The standard InChI is InChI=1S/C20H24N2OS/c1-15(14-24-17-10-6-3-7-11-17)20(23)22-12-18(19(21)13-22)16-8-4-2-5-9-16/h2-11,15,18-19H,12-14,21H2,1H3/t15?,18-,19+/m0/s1. The number of hydrogen-bond donors (Lipinski definition) is 1. The van der Waals surface area contributed by atoms with E-state index in [-0.39, 0.29) is 23.8 Å². The maximum absolute atomic E-state index is 12.7. The van der Waals surface area contributed by atoms with Gasteiger partial charge in [0.2, 0.25) is 5.91 Å². The van der Waals surface area contributed by atoms with Crippen molar-refractivity contribution in [3.05, 3.63) is 66.2 Å². The Labute approximate surface area is 148 Å². The smallest absolute Gasteiger partial charge is 0.226 e. The monoisotopic (exact) mass is 340 g/mol. The second-order valence-electron chi connectivity index (χ2n) is 6.45. The van der Waals surface area contributed by atoms with Crippen LogP contribution in [0.3, 0.4) is 0 Å². The van der Waals surface area contributed by atoms with Crippen molar-refractivity contribution in [2.24, 2.45) is 11.7 Å². The fraction of sp³-hybridized carbons (Fsp3) is 0.350. The molecular formula is C20H24N2OS. The first kappa shape index (κ1) is 17.1. The molecule has 1 amide bonds. The van der Waals surface area contributed by atoms with E-state index in [2.05, 4.69) is 24.3 Å². The summed E-state index contributed by atoms with van der Waals surface area (Å²) in [5.41, 5.74) is 7.53. The van der Waals surface area contributed by atoms with Gasteiger partial charge in [-0.25, -0.2) is 0 Å². The zero-order valence-electron chi connectivity index (χ0n) is 14.0. The first-order chi connectivity index (χ1) is 11.6. The fourth-order valence-corrected chi connectivity index (χ4v) is 4.12. The number of rotatable bonds is 5. The Hall–Kier alpha value is -1.78. The molecule has 0 saturated carbocycles. The third-order valence-electron chi connectivity index (χ3n) is 4.57. The molecule has 126 valence electrons. The predicted molar refractivity (Wildman–Crippen MR) is 100 cm³/mol.